The monoisotopic (exact) mass is 364 g/mol. The SMILES string of the molecule is CCCCN(C(=O)c1ccc(CN2C(=O)CCC2=O)cc1)c1ccccc1. The molecule has 0 aliphatic carbocycles. The maximum absolute atomic E-state index is 13.0. The number of hydrogen-bond donors (Lipinski definition) is 0. The maximum Gasteiger partial charge on any atom is 0.258 e. The number of nitrogens with zero attached hydrogens (tertiary/aromatic N) is 2. The van der Waals surface area contributed by atoms with E-state index >= 15 is 0 Å². The van der Waals surface area contributed by atoms with Gasteiger partial charge in [-0.2, -0.15) is 0 Å². The number of anilines is 1. The number of unbranched alkanes of at least 4 members (excludes halogenated alkanes) is 1. The van der Waals surface area contributed by atoms with Crippen molar-refractivity contribution in [2.75, 3.05) is 11.4 Å². The lowest BCUT2D eigenvalue weighted by molar-refractivity contribution is -0.139. The Kier molecular flexibility index (Phi) is 6.01. The van der Waals surface area contributed by atoms with Crippen LogP contribution < -0.4 is 4.90 Å². The summed E-state index contributed by atoms with van der Waals surface area (Å²) in [4.78, 5) is 39.6. The first-order chi connectivity index (χ1) is 13.1. The van der Waals surface area contributed by atoms with E-state index in [2.05, 4.69) is 6.92 Å². The van der Waals surface area contributed by atoms with Crippen LogP contribution in [0.3, 0.4) is 0 Å². The Morgan fingerprint density at radius 1 is 0.963 bits per heavy atom. The number of para-hydroxylation sites is 1. The summed E-state index contributed by atoms with van der Waals surface area (Å²) in [6.07, 6.45) is 2.52. The topological polar surface area (TPSA) is 57.7 Å². The van der Waals surface area contributed by atoms with Crippen LogP contribution >= 0.6 is 0 Å². The van der Waals surface area contributed by atoms with Crippen molar-refractivity contribution in [3.05, 3.63) is 65.7 Å². The van der Waals surface area contributed by atoms with Gasteiger partial charge in [-0.05, 0) is 36.2 Å². The van der Waals surface area contributed by atoms with E-state index in [1.807, 2.05) is 42.5 Å². The fourth-order valence-corrected chi connectivity index (χ4v) is 3.16. The van der Waals surface area contributed by atoms with Crippen LogP contribution in [0.5, 0.6) is 0 Å². The molecule has 0 saturated carbocycles. The molecule has 1 aliphatic heterocycles. The minimum Gasteiger partial charge on any atom is -0.308 e. The molecule has 0 unspecified atom stereocenters. The van der Waals surface area contributed by atoms with Crippen LogP contribution in [0.4, 0.5) is 5.69 Å². The Bertz CT molecular complexity index is 799. The highest BCUT2D eigenvalue weighted by Crippen LogP contribution is 2.20. The fourth-order valence-electron chi connectivity index (χ4n) is 3.16. The first-order valence-electron chi connectivity index (χ1n) is 9.39. The molecule has 1 saturated heterocycles. The maximum atomic E-state index is 13.0. The molecule has 5 heteroatoms. The van der Waals surface area contributed by atoms with Crippen LogP contribution in [0.15, 0.2) is 54.6 Å². The minimum absolute atomic E-state index is 0.0467. The third-order valence-corrected chi connectivity index (χ3v) is 4.74. The van der Waals surface area contributed by atoms with Crippen molar-refractivity contribution in [3.63, 3.8) is 0 Å². The van der Waals surface area contributed by atoms with Gasteiger partial charge in [-0.1, -0.05) is 43.7 Å². The van der Waals surface area contributed by atoms with Crippen molar-refractivity contribution >= 4 is 23.4 Å². The molecule has 2 aromatic carbocycles. The number of benzene rings is 2. The summed E-state index contributed by atoms with van der Waals surface area (Å²) in [5.41, 5.74) is 2.32. The highest BCUT2D eigenvalue weighted by molar-refractivity contribution is 6.06. The van der Waals surface area contributed by atoms with Gasteiger partial charge in [0.15, 0.2) is 0 Å². The Morgan fingerprint density at radius 2 is 1.59 bits per heavy atom. The lowest BCUT2D eigenvalue weighted by atomic mass is 10.1. The third-order valence-electron chi connectivity index (χ3n) is 4.74. The molecular formula is C22H24N2O3. The van der Waals surface area contributed by atoms with E-state index in [-0.39, 0.29) is 24.3 Å². The molecule has 0 bridgehead atoms. The molecule has 0 spiro atoms. The van der Waals surface area contributed by atoms with Crippen molar-refractivity contribution < 1.29 is 14.4 Å². The molecule has 2 aromatic rings. The molecule has 0 radical (unpaired) electrons. The van der Waals surface area contributed by atoms with E-state index in [9.17, 15) is 14.4 Å². The summed E-state index contributed by atoms with van der Waals surface area (Å²) in [6, 6.07) is 16.8. The van der Waals surface area contributed by atoms with Gasteiger partial charge in [0.25, 0.3) is 5.91 Å². The first kappa shape index (κ1) is 18.8. The number of amides is 3. The molecule has 140 valence electrons. The zero-order chi connectivity index (χ0) is 19.2. The average molecular weight is 364 g/mol. The summed E-state index contributed by atoms with van der Waals surface area (Å²) >= 11 is 0. The Labute approximate surface area is 159 Å². The molecule has 27 heavy (non-hydrogen) atoms. The first-order valence-corrected chi connectivity index (χ1v) is 9.39. The summed E-state index contributed by atoms with van der Waals surface area (Å²) in [6.45, 7) is 3.03. The normalized spacial score (nSPS) is 13.9. The predicted octanol–water partition coefficient (Wildman–Crippen LogP) is 3.78. The van der Waals surface area contributed by atoms with Gasteiger partial charge in [-0.25, -0.2) is 0 Å². The van der Waals surface area contributed by atoms with Gasteiger partial charge in [-0.15, -0.1) is 0 Å². The number of likely N-dealkylation sites (tertiary alicyclic amines) is 1. The largest absolute Gasteiger partial charge is 0.308 e. The van der Waals surface area contributed by atoms with E-state index < -0.39 is 0 Å². The van der Waals surface area contributed by atoms with Gasteiger partial charge in [0.1, 0.15) is 0 Å². The Balaban J connectivity index is 1.75. The van der Waals surface area contributed by atoms with Crippen molar-refractivity contribution in [1.29, 1.82) is 0 Å². The molecule has 1 fully saturated rings. The molecule has 1 heterocycles. The molecule has 0 aromatic heterocycles. The molecule has 3 amide bonds. The second-order valence-electron chi connectivity index (χ2n) is 6.72. The summed E-state index contributed by atoms with van der Waals surface area (Å²) < 4.78 is 0. The van der Waals surface area contributed by atoms with Crippen LogP contribution in [0, 0.1) is 0 Å². The number of carbonyl (C=O) groups excluding carboxylic acids is 3. The van der Waals surface area contributed by atoms with Crippen LogP contribution in [-0.4, -0.2) is 29.2 Å². The van der Waals surface area contributed by atoms with Crippen LogP contribution in [0.25, 0.3) is 0 Å². The highest BCUT2D eigenvalue weighted by atomic mass is 16.2. The van der Waals surface area contributed by atoms with E-state index in [1.165, 1.54) is 4.90 Å². The number of carbonyl (C=O) groups is 3. The fraction of sp³-hybridized carbons (Fsp3) is 0.318. The summed E-state index contributed by atoms with van der Waals surface area (Å²) in [5.74, 6) is -0.306. The molecule has 5 nitrogen and oxygen atoms in total. The summed E-state index contributed by atoms with van der Waals surface area (Å²) in [5, 5.41) is 0. The lowest BCUT2D eigenvalue weighted by Gasteiger charge is -2.23. The second kappa shape index (κ2) is 8.62. The highest BCUT2D eigenvalue weighted by Gasteiger charge is 2.28. The van der Waals surface area contributed by atoms with Crippen molar-refractivity contribution in [3.8, 4) is 0 Å². The van der Waals surface area contributed by atoms with Gasteiger partial charge in [0.05, 0.1) is 6.54 Å². The molecule has 1 aliphatic rings. The zero-order valence-electron chi connectivity index (χ0n) is 15.6. The van der Waals surface area contributed by atoms with Gasteiger partial charge >= 0.3 is 0 Å². The van der Waals surface area contributed by atoms with Crippen LogP contribution in [-0.2, 0) is 16.1 Å². The van der Waals surface area contributed by atoms with Crippen LogP contribution in [0.2, 0.25) is 0 Å². The molecular weight excluding hydrogens is 340 g/mol. The van der Waals surface area contributed by atoms with E-state index in [4.69, 9.17) is 0 Å². The minimum atomic E-state index is -0.130. The summed E-state index contributed by atoms with van der Waals surface area (Å²) in [7, 11) is 0. The van der Waals surface area contributed by atoms with Crippen molar-refractivity contribution in [1.82, 2.24) is 4.90 Å². The quantitative estimate of drug-likeness (QED) is 0.703. The average Bonchev–Trinajstić information content (AvgIpc) is 3.01. The third kappa shape index (κ3) is 4.42. The number of hydrogen-bond acceptors (Lipinski definition) is 3. The molecule has 3 rings (SSSR count). The Hall–Kier alpha value is -2.95. The number of imide groups is 1. The lowest BCUT2D eigenvalue weighted by Crippen LogP contribution is -2.32. The van der Waals surface area contributed by atoms with E-state index in [0.29, 0.717) is 24.9 Å². The van der Waals surface area contributed by atoms with E-state index in [0.717, 1.165) is 24.1 Å². The number of rotatable bonds is 7. The predicted molar refractivity (Wildman–Crippen MR) is 104 cm³/mol. The smallest absolute Gasteiger partial charge is 0.258 e. The van der Waals surface area contributed by atoms with Gasteiger partial charge < -0.3 is 4.90 Å². The van der Waals surface area contributed by atoms with Gasteiger partial charge in [0, 0.05) is 30.6 Å². The van der Waals surface area contributed by atoms with Gasteiger partial charge in [-0.3, -0.25) is 19.3 Å². The second-order valence-corrected chi connectivity index (χ2v) is 6.72. The van der Waals surface area contributed by atoms with Crippen molar-refractivity contribution in [2.45, 2.75) is 39.2 Å². The van der Waals surface area contributed by atoms with Crippen LogP contribution in [0.1, 0.15) is 48.5 Å². The molecule has 0 atom stereocenters. The van der Waals surface area contributed by atoms with Gasteiger partial charge in [0.2, 0.25) is 11.8 Å². The Morgan fingerprint density at radius 3 is 2.19 bits per heavy atom. The van der Waals surface area contributed by atoms with E-state index in [1.54, 1.807) is 17.0 Å². The van der Waals surface area contributed by atoms with Crippen molar-refractivity contribution in [2.24, 2.45) is 0 Å². The standard InChI is InChI=1S/C22H24N2O3/c1-2-3-15-23(19-7-5-4-6-8-19)22(27)18-11-9-17(10-12-18)16-24-20(25)13-14-21(24)26/h4-12H,2-3,13-16H2,1H3. The zero-order valence-corrected chi connectivity index (χ0v) is 15.6. The molecule has 0 N–H and O–H groups in total.